The summed E-state index contributed by atoms with van der Waals surface area (Å²) in [5.74, 6) is 1.29. The Bertz CT molecular complexity index is 1340. The van der Waals surface area contributed by atoms with Crippen molar-refractivity contribution in [2.45, 2.75) is 19.0 Å². The third-order valence-electron chi connectivity index (χ3n) is 5.57. The van der Waals surface area contributed by atoms with Crippen LogP contribution in [0.5, 0.6) is 0 Å². The number of aliphatic imine (C=N–C) groups is 1. The second kappa shape index (κ2) is 9.42. The van der Waals surface area contributed by atoms with Gasteiger partial charge in [-0.1, -0.05) is 42.5 Å². The van der Waals surface area contributed by atoms with Crippen molar-refractivity contribution in [3.05, 3.63) is 102 Å². The Morgan fingerprint density at radius 1 is 1.06 bits per heavy atom. The van der Waals surface area contributed by atoms with Crippen LogP contribution in [0.1, 0.15) is 27.0 Å². The summed E-state index contributed by atoms with van der Waals surface area (Å²) in [5.41, 5.74) is 9.64. The van der Waals surface area contributed by atoms with Crippen molar-refractivity contribution in [3.8, 4) is 0 Å². The van der Waals surface area contributed by atoms with E-state index in [4.69, 9.17) is 10.7 Å². The van der Waals surface area contributed by atoms with Crippen molar-refractivity contribution in [1.29, 1.82) is 0 Å². The topological polar surface area (TPSA) is 93.3 Å². The molecule has 3 N–H and O–H groups in total. The number of hydrogen-bond donors (Lipinski definition) is 2. The molecule has 5 rings (SSSR count). The summed E-state index contributed by atoms with van der Waals surface area (Å²) in [6.07, 6.45) is 5.87. The fourth-order valence-electron chi connectivity index (χ4n) is 3.90. The number of nitrogens with zero attached hydrogens (tertiary/aromatic N) is 3. The van der Waals surface area contributed by atoms with Gasteiger partial charge in [0.25, 0.3) is 5.91 Å². The smallest absolute Gasteiger partial charge is 0.253 e. The normalized spacial score (nSPS) is 15.4. The summed E-state index contributed by atoms with van der Waals surface area (Å²) in [6.45, 7) is 0.422. The molecule has 164 valence electrons. The van der Waals surface area contributed by atoms with E-state index in [1.807, 2.05) is 54.7 Å². The number of benzene rings is 2. The highest BCUT2D eigenvalue weighted by Crippen LogP contribution is 2.25. The fourth-order valence-corrected chi connectivity index (χ4v) is 4.97. The Kier molecular flexibility index (Phi) is 6.04. The van der Waals surface area contributed by atoms with Gasteiger partial charge in [-0.2, -0.15) is 0 Å². The number of carbonyl (C=O) groups excluding carboxylic acids is 1. The van der Waals surface area contributed by atoms with Gasteiger partial charge in [-0.25, -0.2) is 4.98 Å². The van der Waals surface area contributed by atoms with E-state index in [0.717, 1.165) is 44.7 Å². The van der Waals surface area contributed by atoms with Gasteiger partial charge in [-0.3, -0.25) is 14.8 Å². The van der Waals surface area contributed by atoms with E-state index in [1.165, 1.54) is 0 Å². The van der Waals surface area contributed by atoms with Gasteiger partial charge in [-0.05, 0) is 41.1 Å². The van der Waals surface area contributed by atoms with Gasteiger partial charge >= 0.3 is 0 Å². The zero-order valence-corrected chi connectivity index (χ0v) is 18.8. The Labute approximate surface area is 196 Å². The molecule has 1 atom stereocenters. The number of nitrogens with two attached hydrogens (primary N) is 1. The van der Waals surface area contributed by atoms with Crippen LogP contribution in [0, 0.1) is 0 Å². The lowest BCUT2D eigenvalue weighted by molar-refractivity contribution is 0.0950. The Morgan fingerprint density at radius 3 is 2.82 bits per heavy atom. The second-order valence-electron chi connectivity index (χ2n) is 7.99. The highest BCUT2D eigenvalue weighted by atomic mass is 32.2. The minimum Gasteiger partial charge on any atom is -0.383 e. The minimum atomic E-state index is -0.145. The van der Waals surface area contributed by atoms with Crippen molar-refractivity contribution in [2.75, 3.05) is 11.5 Å². The number of amides is 1. The summed E-state index contributed by atoms with van der Waals surface area (Å²) in [4.78, 5) is 26.0. The first-order valence-electron chi connectivity index (χ1n) is 10.8. The molecule has 0 fully saturated rings. The summed E-state index contributed by atoms with van der Waals surface area (Å²) >= 11 is 1.78. The number of rotatable bonds is 6. The van der Waals surface area contributed by atoms with Gasteiger partial charge in [0.2, 0.25) is 0 Å². The molecule has 6 nitrogen and oxygen atoms in total. The lowest BCUT2D eigenvalue weighted by atomic mass is 10.1. The summed E-state index contributed by atoms with van der Waals surface area (Å²) in [5, 5.41) is 5.98. The summed E-state index contributed by atoms with van der Waals surface area (Å²) in [6, 6.07) is 20.2. The number of pyridine rings is 2. The molecule has 0 saturated carbocycles. The van der Waals surface area contributed by atoms with E-state index in [2.05, 4.69) is 27.4 Å². The average molecular weight is 454 g/mol. The van der Waals surface area contributed by atoms with E-state index in [-0.39, 0.29) is 11.9 Å². The first-order valence-corrected chi connectivity index (χ1v) is 11.8. The SMILES string of the molecule is Nc1nccc2cc(CNC(=O)c3cncc(CC4CSC(c5ccccc5)=N4)c3)ccc12. The van der Waals surface area contributed by atoms with E-state index in [9.17, 15) is 4.79 Å². The van der Waals surface area contributed by atoms with Crippen LogP contribution in [0.4, 0.5) is 5.82 Å². The zero-order valence-electron chi connectivity index (χ0n) is 17.9. The molecule has 3 heterocycles. The van der Waals surface area contributed by atoms with E-state index < -0.39 is 0 Å². The van der Waals surface area contributed by atoms with Crippen LogP contribution in [0.15, 0.2) is 84.2 Å². The van der Waals surface area contributed by atoms with Gasteiger partial charge in [0.15, 0.2) is 0 Å². The van der Waals surface area contributed by atoms with Gasteiger partial charge in [0, 0.05) is 41.8 Å². The standard InChI is InChI=1S/C26H23N5OS/c27-24-23-7-6-17(10-20(23)8-9-29-24)14-30-25(32)21-11-18(13-28-15-21)12-22-16-33-26(31-22)19-4-2-1-3-5-19/h1-11,13,15,22H,12,14,16H2,(H2,27,29)(H,30,32). The molecule has 0 saturated heterocycles. The third kappa shape index (κ3) is 4.88. The van der Waals surface area contributed by atoms with Crippen molar-refractivity contribution < 1.29 is 4.79 Å². The number of anilines is 1. The van der Waals surface area contributed by atoms with Crippen LogP contribution < -0.4 is 11.1 Å². The molecule has 0 radical (unpaired) electrons. The highest BCUT2D eigenvalue weighted by Gasteiger charge is 2.20. The average Bonchev–Trinajstić information content (AvgIpc) is 3.32. The Morgan fingerprint density at radius 2 is 1.94 bits per heavy atom. The van der Waals surface area contributed by atoms with Crippen LogP contribution in [-0.2, 0) is 13.0 Å². The van der Waals surface area contributed by atoms with Crippen molar-refractivity contribution >= 4 is 39.3 Å². The number of fused-ring (bicyclic) bond motifs is 1. The monoisotopic (exact) mass is 453 g/mol. The Balaban J connectivity index is 1.23. The minimum absolute atomic E-state index is 0.145. The molecular weight excluding hydrogens is 430 g/mol. The molecule has 1 aliphatic rings. The molecule has 0 bridgehead atoms. The molecule has 7 heteroatoms. The molecular formula is C26H23N5OS. The van der Waals surface area contributed by atoms with Gasteiger partial charge in [-0.15, -0.1) is 11.8 Å². The predicted octanol–water partition coefficient (Wildman–Crippen LogP) is 4.25. The molecule has 1 aliphatic heterocycles. The van der Waals surface area contributed by atoms with Crippen LogP contribution in [-0.4, -0.2) is 32.7 Å². The quantitative estimate of drug-likeness (QED) is 0.455. The predicted molar refractivity (Wildman–Crippen MR) is 134 cm³/mol. The van der Waals surface area contributed by atoms with E-state index in [1.54, 1.807) is 24.2 Å². The summed E-state index contributed by atoms with van der Waals surface area (Å²) in [7, 11) is 0. The third-order valence-corrected chi connectivity index (χ3v) is 6.74. The molecule has 1 amide bonds. The van der Waals surface area contributed by atoms with Gasteiger partial charge < -0.3 is 11.1 Å². The van der Waals surface area contributed by atoms with E-state index in [0.29, 0.717) is 17.9 Å². The molecule has 1 unspecified atom stereocenters. The lowest BCUT2D eigenvalue weighted by Crippen LogP contribution is -2.23. The van der Waals surface area contributed by atoms with Crippen LogP contribution in [0.2, 0.25) is 0 Å². The van der Waals surface area contributed by atoms with Crippen molar-refractivity contribution in [1.82, 2.24) is 15.3 Å². The number of carbonyl (C=O) groups is 1. The number of aromatic nitrogens is 2. The van der Waals surface area contributed by atoms with Crippen LogP contribution >= 0.6 is 11.8 Å². The molecule has 33 heavy (non-hydrogen) atoms. The zero-order chi connectivity index (χ0) is 22.6. The number of hydrogen-bond acceptors (Lipinski definition) is 6. The van der Waals surface area contributed by atoms with Crippen LogP contribution in [0.3, 0.4) is 0 Å². The van der Waals surface area contributed by atoms with E-state index >= 15 is 0 Å². The number of nitrogens with one attached hydrogen (secondary N) is 1. The maximum atomic E-state index is 12.7. The highest BCUT2D eigenvalue weighted by molar-refractivity contribution is 8.14. The summed E-state index contributed by atoms with van der Waals surface area (Å²) < 4.78 is 0. The molecule has 0 spiro atoms. The molecule has 4 aromatic rings. The number of thioether (sulfide) groups is 1. The maximum absolute atomic E-state index is 12.7. The Hall–Kier alpha value is -3.71. The van der Waals surface area contributed by atoms with Crippen molar-refractivity contribution in [2.24, 2.45) is 4.99 Å². The van der Waals surface area contributed by atoms with Gasteiger partial charge in [0.1, 0.15) is 5.82 Å². The molecule has 2 aromatic carbocycles. The number of nitrogen functional groups attached to an aromatic ring is 1. The molecule has 0 aliphatic carbocycles. The van der Waals surface area contributed by atoms with Crippen molar-refractivity contribution in [3.63, 3.8) is 0 Å². The molecule has 2 aromatic heterocycles. The second-order valence-corrected chi connectivity index (χ2v) is 8.99. The van der Waals surface area contributed by atoms with Gasteiger partial charge in [0.05, 0.1) is 16.6 Å². The van der Waals surface area contributed by atoms with Crippen LogP contribution in [0.25, 0.3) is 10.8 Å². The lowest BCUT2D eigenvalue weighted by Gasteiger charge is -2.09. The first kappa shape index (κ1) is 21.2. The fraction of sp³-hybridized carbons (Fsp3) is 0.154. The first-order chi connectivity index (χ1) is 16.2. The largest absolute Gasteiger partial charge is 0.383 e. The maximum Gasteiger partial charge on any atom is 0.253 e.